The van der Waals surface area contributed by atoms with Gasteiger partial charge in [0.15, 0.2) is 5.96 Å². The third-order valence-electron chi connectivity index (χ3n) is 3.26. The van der Waals surface area contributed by atoms with E-state index in [9.17, 15) is 4.79 Å². The summed E-state index contributed by atoms with van der Waals surface area (Å²) >= 11 is 0. The second-order valence-corrected chi connectivity index (χ2v) is 5.65. The molecule has 1 aromatic carbocycles. The largest absolute Gasteiger partial charge is 0.497 e. The number of guanidine groups is 1. The summed E-state index contributed by atoms with van der Waals surface area (Å²) in [6.45, 7) is 7.26. The van der Waals surface area contributed by atoms with Crippen LogP contribution >= 0.6 is 0 Å². The Morgan fingerprint density at radius 3 is 2.68 bits per heavy atom. The number of amides is 1. The van der Waals surface area contributed by atoms with E-state index in [1.165, 1.54) is 0 Å². The van der Waals surface area contributed by atoms with Gasteiger partial charge in [-0.05, 0) is 38.5 Å². The number of benzene rings is 1. The van der Waals surface area contributed by atoms with Crippen LogP contribution in [0.1, 0.15) is 26.3 Å². The number of hydrogen-bond acceptors (Lipinski definition) is 3. The van der Waals surface area contributed by atoms with Gasteiger partial charge in [0.05, 0.1) is 19.1 Å². The molecule has 0 saturated heterocycles. The number of rotatable bonds is 7. The Morgan fingerprint density at radius 2 is 2.09 bits per heavy atom. The van der Waals surface area contributed by atoms with Crippen LogP contribution in [0.4, 0.5) is 0 Å². The maximum atomic E-state index is 11.3. The molecule has 122 valence electrons. The van der Waals surface area contributed by atoms with Crippen LogP contribution in [0.5, 0.6) is 5.75 Å². The maximum Gasteiger partial charge on any atom is 0.224 e. The Bertz CT molecular complexity index is 527. The summed E-state index contributed by atoms with van der Waals surface area (Å²) in [5.74, 6) is 1.11. The Morgan fingerprint density at radius 1 is 1.36 bits per heavy atom. The lowest BCUT2D eigenvalue weighted by molar-refractivity contribution is -0.125. The predicted molar refractivity (Wildman–Crippen MR) is 88.8 cm³/mol. The van der Waals surface area contributed by atoms with E-state index in [1.807, 2.05) is 31.2 Å². The van der Waals surface area contributed by atoms with Crippen LogP contribution in [-0.4, -0.2) is 32.1 Å². The highest BCUT2D eigenvalue weighted by molar-refractivity contribution is 5.83. The van der Waals surface area contributed by atoms with E-state index in [2.05, 4.69) is 15.6 Å². The molecule has 0 aliphatic rings. The average molecular weight is 306 g/mol. The van der Waals surface area contributed by atoms with Gasteiger partial charge in [-0.15, -0.1) is 0 Å². The standard InChI is InChI=1S/C16H26N4O2/c1-5-18-15(20-11-16(2,3)14(17)21)19-10-12-7-6-8-13(9-12)22-4/h6-9H,5,10-11H2,1-4H3,(H2,17,21)(H2,18,19,20). The molecule has 0 atom stereocenters. The van der Waals surface area contributed by atoms with Crippen LogP contribution in [0.3, 0.4) is 0 Å². The lowest BCUT2D eigenvalue weighted by Gasteiger charge is -2.22. The normalized spacial score (nSPS) is 11.9. The molecular weight excluding hydrogens is 280 g/mol. The second-order valence-electron chi connectivity index (χ2n) is 5.65. The summed E-state index contributed by atoms with van der Waals surface area (Å²) in [4.78, 5) is 15.9. The number of carbonyl (C=O) groups excluding carboxylic acids is 1. The predicted octanol–water partition coefficient (Wildman–Crippen LogP) is 1.26. The molecule has 0 saturated carbocycles. The molecule has 6 heteroatoms. The van der Waals surface area contributed by atoms with Crippen LogP contribution in [-0.2, 0) is 11.3 Å². The van der Waals surface area contributed by atoms with E-state index < -0.39 is 5.41 Å². The third-order valence-corrected chi connectivity index (χ3v) is 3.26. The van der Waals surface area contributed by atoms with Gasteiger partial charge in [-0.25, -0.2) is 4.99 Å². The van der Waals surface area contributed by atoms with Gasteiger partial charge in [0.1, 0.15) is 5.75 Å². The van der Waals surface area contributed by atoms with Crippen molar-refractivity contribution in [1.82, 2.24) is 10.6 Å². The highest BCUT2D eigenvalue weighted by Gasteiger charge is 2.24. The number of nitrogens with two attached hydrogens (primary N) is 1. The molecule has 6 nitrogen and oxygen atoms in total. The average Bonchev–Trinajstić information content (AvgIpc) is 2.50. The number of ether oxygens (including phenoxy) is 1. The number of carbonyl (C=O) groups is 1. The number of hydrogen-bond donors (Lipinski definition) is 3. The molecule has 4 N–H and O–H groups in total. The minimum atomic E-state index is -0.633. The first kappa shape index (κ1) is 17.8. The van der Waals surface area contributed by atoms with Gasteiger partial charge < -0.3 is 21.1 Å². The molecule has 1 amide bonds. The lowest BCUT2D eigenvalue weighted by Crippen LogP contribution is -2.46. The van der Waals surface area contributed by atoms with Gasteiger partial charge >= 0.3 is 0 Å². The SMILES string of the molecule is CCNC(=NCc1cccc(OC)c1)NCC(C)(C)C(N)=O. The lowest BCUT2D eigenvalue weighted by atomic mass is 9.93. The zero-order valence-electron chi connectivity index (χ0n) is 13.8. The van der Waals surface area contributed by atoms with Crippen molar-refractivity contribution in [3.8, 4) is 5.75 Å². The minimum absolute atomic E-state index is 0.344. The van der Waals surface area contributed by atoms with E-state index >= 15 is 0 Å². The van der Waals surface area contributed by atoms with Gasteiger partial charge in [-0.2, -0.15) is 0 Å². The quantitative estimate of drug-likeness (QED) is 0.523. The van der Waals surface area contributed by atoms with Crippen molar-refractivity contribution >= 4 is 11.9 Å². The highest BCUT2D eigenvalue weighted by Crippen LogP contribution is 2.13. The molecule has 1 aromatic rings. The molecule has 1 rings (SSSR count). The van der Waals surface area contributed by atoms with Crippen LogP contribution in [0.15, 0.2) is 29.3 Å². The van der Waals surface area contributed by atoms with E-state index in [-0.39, 0.29) is 5.91 Å². The van der Waals surface area contributed by atoms with E-state index in [4.69, 9.17) is 10.5 Å². The Hall–Kier alpha value is -2.24. The summed E-state index contributed by atoms with van der Waals surface area (Å²) in [5.41, 5.74) is 5.79. The van der Waals surface area contributed by atoms with E-state index in [0.717, 1.165) is 17.9 Å². The summed E-state index contributed by atoms with van der Waals surface area (Å²) in [6.07, 6.45) is 0. The first-order valence-corrected chi connectivity index (χ1v) is 7.34. The fourth-order valence-electron chi connectivity index (χ4n) is 1.67. The summed E-state index contributed by atoms with van der Waals surface area (Å²) in [6, 6.07) is 7.76. The monoisotopic (exact) mass is 306 g/mol. The van der Waals surface area contributed by atoms with Crippen LogP contribution < -0.4 is 21.1 Å². The van der Waals surface area contributed by atoms with Gasteiger partial charge in [-0.1, -0.05) is 12.1 Å². The van der Waals surface area contributed by atoms with Crippen molar-refractivity contribution in [3.05, 3.63) is 29.8 Å². The molecule has 0 heterocycles. The van der Waals surface area contributed by atoms with Crippen molar-refractivity contribution in [2.75, 3.05) is 20.2 Å². The fraction of sp³-hybridized carbons (Fsp3) is 0.500. The number of nitrogens with zero attached hydrogens (tertiary/aromatic N) is 1. The fourth-order valence-corrected chi connectivity index (χ4v) is 1.67. The molecular formula is C16H26N4O2. The summed E-state index contributed by atoms with van der Waals surface area (Å²) < 4.78 is 5.20. The van der Waals surface area contributed by atoms with Crippen LogP contribution in [0.2, 0.25) is 0 Å². The molecule has 0 bridgehead atoms. The zero-order chi connectivity index (χ0) is 16.6. The first-order valence-electron chi connectivity index (χ1n) is 7.34. The zero-order valence-corrected chi connectivity index (χ0v) is 13.8. The molecule has 0 aromatic heterocycles. The maximum absolute atomic E-state index is 11.3. The molecule has 0 fully saturated rings. The number of primary amides is 1. The number of methoxy groups -OCH3 is 1. The Kier molecular flexibility index (Phi) is 6.69. The van der Waals surface area contributed by atoms with Crippen molar-refractivity contribution in [2.45, 2.75) is 27.3 Å². The number of nitrogens with one attached hydrogen (secondary N) is 2. The van der Waals surface area contributed by atoms with Gasteiger partial charge in [0.2, 0.25) is 5.91 Å². The van der Waals surface area contributed by atoms with Crippen molar-refractivity contribution in [3.63, 3.8) is 0 Å². The minimum Gasteiger partial charge on any atom is -0.497 e. The molecule has 0 aliphatic carbocycles. The Labute approximate surface area is 132 Å². The molecule has 22 heavy (non-hydrogen) atoms. The smallest absolute Gasteiger partial charge is 0.224 e. The topological polar surface area (TPSA) is 88.7 Å². The second kappa shape index (κ2) is 8.26. The Balaban J connectivity index is 2.71. The first-order chi connectivity index (χ1) is 10.4. The third kappa shape index (κ3) is 5.63. The van der Waals surface area contributed by atoms with Crippen LogP contribution in [0.25, 0.3) is 0 Å². The van der Waals surface area contributed by atoms with E-state index in [0.29, 0.717) is 19.0 Å². The van der Waals surface area contributed by atoms with Crippen molar-refractivity contribution in [1.29, 1.82) is 0 Å². The molecule has 0 radical (unpaired) electrons. The molecule has 0 aliphatic heterocycles. The number of aliphatic imine (C=N–C) groups is 1. The van der Waals surface area contributed by atoms with Crippen LogP contribution in [0, 0.1) is 5.41 Å². The van der Waals surface area contributed by atoms with Gasteiger partial charge in [-0.3, -0.25) is 4.79 Å². The summed E-state index contributed by atoms with van der Waals surface area (Å²) in [5, 5.41) is 6.30. The molecule has 0 unspecified atom stereocenters. The van der Waals surface area contributed by atoms with Gasteiger partial charge in [0.25, 0.3) is 0 Å². The van der Waals surface area contributed by atoms with E-state index in [1.54, 1.807) is 21.0 Å². The van der Waals surface area contributed by atoms with Crippen molar-refractivity contribution < 1.29 is 9.53 Å². The summed E-state index contributed by atoms with van der Waals surface area (Å²) in [7, 11) is 1.64. The van der Waals surface area contributed by atoms with Crippen molar-refractivity contribution in [2.24, 2.45) is 16.1 Å². The molecule has 0 spiro atoms. The highest BCUT2D eigenvalue weighted by atomic mass is 16.5. The van der Waals surface area contributed by atoms with Gasteiger partial charge in [0, 0.05) is 13.1 Å².